The molecule has 0 aliphatic heterocycles. The van der Waals surface area contributed by atoms with Crippen LogP contribution in [0.1, 0.15) is 57.7 Å². The van der Waals surface area contributed by atoms with E-state index in [4.69, 9.17) is 9.47 Å². The monoisotopic (exact) mass is 401 g/mol. The van der Waals surface area contributed by atoms with Crippen LogP contribution in [0.4, 0.5) is 0 Å². The summed E-state index contributed by atoms with van der Waals surface area (Å²) < 4.78 is 11.0. The number of nitrogens with one attached hydrogen (secondary N) is 1. The molecular weight excluding hydrogens is 365 g/mol. The van der Waals surface area contributed by atoms with Crippen LogP contribution in [0.5, 0.6) is 5.75 Å². The minimum Gasteiger partial charge on any atom is -0.467 e. The first-order valence-corrected chi connectivity index (χ1v) is 11.0. The van der Waals surface area contributed by atoms with Gasteiger partial charge in [-0.2, -0.15) is 0 Å². The summed E-state index contributed by atoms with van der Waals surface area (Å²) in [6, 6.07) is 15.2. The van der Waals surface area contributed by atoms with E-state index in [1.54, 1.807) is 7.11 Å². The summed E-state index contributed by atoms with van der Waals surface area (Å²) in [5.74, 6) is 0.919. The van der Waals surface area contributed by atoms with Gasteiger partial charge in [-0.25, -0.2) is 0 Å². The minimum atomic E-state index is 0.01000. The summed E-state index contributed by atoms with van der Waals surface area (Å²) in [6.45, 7) is 14.6. The lowest BCUT2D eigenvalue weighted by Crippen LogP contribution is -2.36. The highest BCUT2D eigenvalue weighted by Gasteiger charge is 2.29. The standard InChI is InChI=1S/C24H36NO2P/c1-8-24(6,20-11-9-10-12-21(20)27-17-26-7)28-22-14-13-18(2)15-19(22)16-25-23(3,4)5/h9-15,25,28H,8,16-17H2,1-7H3. The van der Waals surface area contributed by atoms with Crippen LogP contribution < -0.4 is 15.4 Å². The summed E-state index contributed by atoms with van der Waals surface area (Å²) in [7, 11) is 2.31. The molecule has 28 heavy (non-hydrogen) atoms. The van der Waals surface area contributed by atoms with Crippen LogP contribution in [0.15, 0.2) is 42.5 Å². The number of rotatable bonds is 9. The van der Waals surface area contributed by atoms with Gasteiger partial charge in [-0.05, 0) is 51.1 Å². The Morgan fingerprint density at radius 3 is 2.39 bits per heavy atom. The van der Waals surface area contributed by atoms with Gasteiger partial charge in [0.2, 0.25) is 0 Å². The molecule has 0 spiro atoms. The molecule has 154 valence electrons. The van der Waals surface area contributed by atoms with Crippen molar-refractivity contribution in [3.8, 4) is 5.75 Å². The van der Waals surface area contributed by atoms with Gasteiger partial charge in [0.25, 0.3) is 0 Å². The Balaban J connectivity index is 2.36. The molecule has 0 amide bonds. The van der Waals surface area contributed by atoms with Crippen molar-refractivity contribution in [2.24, 2.45) is 0 Å². The van der Waals surface area contributed by atoms with Crippen LogP contribution in [0.3, 0.4) is 0 Å². The Bertz CT molecular complexity index is 769. The van der Waals surface area contributed by atoms with E-state index in [0.29, 0.717) is 8.58 Å². The van der Waals surface area contributed by atoms with Crippen LogP contribution in [0, 0.1) is 6.92 Å². The molecule has 0 aliphatic carbocycles. The number of methoxy groups -OCH3 is 1. The van der Waals surface area contributed by atoms with Crippen molar-refractivity contribution in [1.82, 2.24) is 5.32 Å². The van der Waals surface area contributed by atoms with Gasteiger partial charge in [0.05, 0.1) is 0 Å². The van der Waals surface area contributed by atoms with Crippen molar-refractivity contribution < 1.29 is 9.47 Å². The summed E-state index contributed by atoms with van der Waals surface area (Å²) in [6.07, 6.45) is 1.04. The van der Waals surface area contributed by atoms with E-state index in [1.165, 1.54) is 22.0 Å². The van der Waals surface area contributed by atoms with Gasteiger partial charge in [0.1, 0.15) is 5.75 Å². The Morgan fingerprint density at radius 1 is 1.04 bits per heavy atom. The van der Waals surface area contributed by atoms with Gasteiger partial charge in [-0.3, -0.25) is 0 Å². The maximum atomic E-state index is 5.88. The first-order chi connectivity index (χ1) is 13.2. The number of hydrogen-bond donors (Lipinski definition) is 1. The van der Waals surface area contributed by atoms with Gasteiger partial charge < -0.3 is 14.8 Å². The highest BCUT2D eigenvalue weighted by molar-refractivity contribution is 7.48. The van der Waals surface area contributed by atoms with Gasteiger partial charge in [0, 0.05) is 29.9 Å². The maximum absolute atomic E-state index is 5.88. The summed E-state index contributed by atoms with van der Waals surface area (Å²) in [5.41, 5.74) is 4.05. The normalized spacial score (nSPS) is 14.4. The van der Waals surface area contributed by atoms with E-state index in [0.717, 1.165) is 18.7 Å². The summed E-state index contributed by atoms with van der Waals surface area (Å²) in [4.78, 5) is 0. The number of aryl methyl sites for hydroxylation is 1. The largest absolute Gasteiger partial charge is 0.467 e. The van der Waals surface area contributed by atoms with E-state index in [9.17, 15) is 0 Å². The highest BCUT2D eigenvalue weighted by atomic mass is 31.1. The number of benzene rings is 2. The Labute approximate surface area is 173 Å². The summed E-state index contributed by atoms with van der Waals surface area (Å²) >= 11 is 0. The molecule has 0 saturated heterocycles. The SMILES string of the molecule is CCC(C)(Pc1ccc(C)cc1CNC(C)(C)C)c1ccccc1OCOC. The molecule has 2 atom stereocenters. The summed E-state index contributed by atoms with van der Waals surface area (Å²) in [5, 5.41) is 5.09. The van der Waals surface area contributed by atoms with E-state index >= 15 is 0 Å². The van der Waals surface area contributed by atoms with Crippen molar-refractivity contribution >= 4 is 13.9 Å². The quantitative estimate of drug-likeness (QED) is 0.445. The predicted molar refractivity (Wildman–Crippen MR) is 122 cm³/mol. The Morgan fingerprint density at radius 2 is 1.75 bits per heavy atom. The lowest BCUT2D eigenvalue weighted by Gasteiger charge is -2.32. The molecular formula is C24H36NO2P. The molecule has 0 aromatic heterocycles. The lowest BCUT2D eigenvalue weighted by molar-refractivity contribution is 0.0500. The molecule has 2 unspecified atom stereocenters. The third-order valence-electron chi connectivity index (χ3n) is 5.00. The molecule has 0 heterocycles. The van der Waals surface area contributed by atoms with Gasteiger partial charge in [-0.1, -0.05) is 64.4 Å². The topological polar surface area (TPSA) is 30.5 Å². The van der Waals surface area contributed by atoms with Crippen LogP contribution >= 0.6 is 8.58 Å². The molecule has 2 aromatic carbocycles. The smallest absolute Gasteiger partial charge is 0.188 e. The lowest BCUT2D eigenvalue weighted by atomic mass is 9.96. The zero-order valence-corrected chi connectivity index (χ0v) is 19.5. The third-order valence-corrected chi connectivity index (χ3v) is 6.93. The van der Waals surface area contributed by atoms with Crippen molar-refractivity contribution in [3.05, 3.63) is 59.2 Å². The molecule has 0 aliphatic rings. The molecule has 0 radical (unpaired) electrons. The zero-order chi connectivity index (χ0) is 20.8. The van der Waals surface area contributed by atoms with Gasteiger partial charge in [-0.15, -0.1) is 0 Å². The number of ether oxygens (including phenoxy) is 2. The van der Waals surface area contributed by atoms with Crippen LogP contribution in [0.25, 0.3) is 0 Å². The fourth-order valence-corrected chi connectivity index (χ4v) is 4.77. The predicted octanol–water partition coefficient (Wildman–Crippen LogP) is 5.50. The van der Waals surface area contributed by atoms with E-state index in [1.807, 2.05) is 12.1 Å². The van der Waals surface area contributed by atoms with Gasteiger partial charge >= 0.3 is 0 Å². The second-order valence-corrected chi connectivity index (χ2v) is 10.5. The second kappa shape index (κ2) is 9.87. The number of hydrogen-bond acceptors (Lipinski definition) is 3. The van der Waals surface area contributed by atoms with Crippen LogP contribution in [0.2, 0.25) is 0 Å². The third kappa shape index (κ3) is 6.30. The fourth-order valence-electron chi connectivity index (χ4n) is 3.17. The van der Waals surface area contributed by atoms with Crippen molar-refractivity contribution in [3.63, 3.8) is 0 Å². The first-order valence-electron chi connectivity index (χ1n) is 10.0. The molecule has 0 fully saturated rings. The van der Waals surface area contributed by atoms with Crippen molar-refractivity contribution in [2.45, 2.75) is 65.2 Å². The van der Waals surface area contributed by atoms with Crippen molar-refractivity contribution in [2.75, 3.05) is 13.9 Å². The molecule has 0 saturated carbocycles. The first kappa shape index (κ1) is 22.9. The zero-order valence-electron chi connectivity index (χ0n) is 18.5. The highest BCUT2D eigenvalue weighted by Crippen LogP contribution is 2.47. The number of para-hydroxylation sites is 1. The van der Waals surface area contributed by atoms with E-state index in [-0.39, 0.29) is 17.5 Å². The molecule has 3 nitrogen and oxygen atoms in total. The Hall–Kier alpha value is -1.41. The van der Waals surface area contributed by atoms with Crippen LogP contribution in [-0.4, -0.2) is 19.4 Å². The minimum absolute atomic E-state index is 0.01000. The Kier molecular flexibility index (Phi) is 8.07. The fraction of sp³-hybridized carbons (Fsp3) is 0.500. The molecule has 2 aromatic rings. The molecule has 1 N–H and O–H groups in total. The average Bonchev–Trinajstić information content (AvgIpc) is 2.66. The second-order valence-electron chi connectivity index (χ2n) is 8.62. The van der Waals surface area contributed by atoms with E-state index in [2.05, 4.69) is 77.2 Å². The van der Waals surface area contributed by atoms with E-state index < -0.39 is 0 Å². The molecule has 2 rings (SSSR count). The average molecular weight is 402 g/mol. The maximum Gasteiger partial charge on any atom is 0.188 e. The molecule has 4 heteroatoms. The van der Waals surface area contributed by atoms with Crippen LogP contribution in [-0.2, 0) is 16.4 Å². The van der Waals surface area contributed by atoms with Crippen molar-refractivity contribution in [1.29, 1.82) is 0 Å². The van der Waals surface area contributed by atoms with Gasteiger partial charge in [0.15, 0.2) is 6.79 Å². The molecule has 0 bridgehead atoms.